The summed E-state index contributed by atoms with van der Waals surface area (Å²) in [6.45, 7) is 1.02. The van der Waals surface area contributed by atoms with Gasteiger partial charge in [0.1, 0.15) is 11.5 Å². The molecule has 4 heteroatoms. The van der Waals surface area contributed by atoms with Crippen LogP contribution in [-0.4, -0.2) is 18.8 Å². The molecule has 1 aliphatic rings. The monoisotopic (exact) mass is 271 g/mol. The molecule has 1 saturated heterocycles. The lowest BCUT2D eigenvalue weighted by molar-refractivity contribution is 0.402. The molecule has 0 aliphatic carbocycles. The number of halogens is 1. The lowest BCUT2D eigenvalue weighted by Crippen LogP contribution is -2.13. The molecule has 0 saturated carbocycles. The van der Waals surface area contributed by atoms with Crippen molar-refractivity contribution in [1.29, 1.82) is 0 Å². The highest BCUT2D eigenvalue weighted by Gasteiger charge is 2.20. The molecule has 1 fully saturated rings. The Labute approximate surface area is 97.6 Å². The summed E-state index contributed by atoms with van der Waals surface area (Å²) in [5.41, 5.74) is 0.945. The molecule has 0 radical (unpaired) electrons. The van der Waals surface area contributed by atoms with Crippen molar-refractivity contribution in [3.63, 3.8) is 0 Å². The van der Waals surface area contributed by atoms with Crippen molar-refractivity contribution in [3.8, 4) is 11.5 Å². The number of benzene rings is 1. The van der Waals surface area contributed by atoms with E-state index in [-0.39, 0.29) is 6.04 Å². The first-order chi connectivity index (χ1) is 7.22. The van der Waals surface area contributed by atoms with Crippen LogP contribution in [0.1, 0.15) is 24.4 Å². The van der Waals surface area contributed by atoms with Crippen LogP contribution in [0.5, 0.6) is 11.5 Å². The number of nitrogens with one attached hydrogen (secondary N) is 1. The fourth-order valence-electron chi connectivity index (χ4n) is 1.94. The van der Waals surface area contributed by atoms with Gasteiger partial charge in [-0.05, 0) is 41.4 Å². The first-order valence-corrected chi connectivity index (χ1v) is 5.81. The highest BCUT2D eigenvalue weighted by atomic mass is 79.9. The SMILES string of the molecule is COc1cc(O)c(C2CCCN2)cc1Br. The Balaban J connectivity index is 2.35. The molecule has 82 valence electrons. The third kappa shape index (κ3) is 2.11. The van der Waals surface area contributed by atoms with Gasteiger partial charge in [-0.15, -0.1) is 0 Å². The Morgan fingerprint density at radius 3 is 2.93 bits per heavy atom. The van der Waals surface area contributed by atoms with Crippen molar-refractivity contribution in [2.24, 2.45) is 0 Å². The zero-order valence-corrected chi connectivity index (χ0v) is 10.2. The minimum atomic E-state index is 0.271. The molecule has 1 unspecified atom stereocenters. The van der Waals surface area contributed by atoms with E-state index in [0.717, 1.165) is 29.4 Å². The molecular formula is C11H14BrNO2. The third-order valence-electron chi connectivity index (χ3n) is 2.74. The zero-order valence-electron chi connectivity index (χ0n) is 8.59. The van der Waals surface area contributed by atoms with Gasteiger partial charge in [0, 0.05) is 17.7 Å². The molecule has 1 aliphatic heterocycles. The van der Waals surface area contributed by atoms with E-state index < -0.39 is 0 Å². The number of phenols is 1. The number of hydrogen-bond acceptors (Lipinski definition) is 3. The molecule has 0 bridgehead atoms. The lowest BCUT2D eigenvalue weighted by Gasteiger charge is -2.14. The Hall–Kier alpha value is -0.740. The summed E-state index contributed by atoms with van der Waals surface area (Å²) >= 11 is 3.42. The van der Waals surface area contributed by atoms with Gasteiger partial charge in [0.2, 0.25) is 0 Å². The predicted octanol–water partition coefficient (Wildman–Crippen LogP) is 2.59. The van der Waals surface area contributed by atoms with Crippen molar-refractivity contribution in [2.45, 2.75) is 18.9 Å². The molecule has 1 heterocycles. The average Bonchev–Trinajstić information content (AvgIpc) is 2.74. The van der Waals surface area contributed by atoms with Crippen molar-refractivity contribution in [2.75, 3.05) is 13.7 Å². The molecule has 3 nitrogen and oxygen atoms in total. The fraction of sp³-hybridized carbons (Fsp3) is 0.455. The van der Waals surface area contributed by atoms with E-state index in [4.69, 9.17) is 4.74 Å². The van der Waals surface area contributed by atoms with Gasteiger partial charge in [0.05, 0.1) is 11.6 Å². The Morgan fingerprint density at radius 2 is 2.33 bits per heavy atom. The van der Waals surface area contributed by atoms with Crippen molar-refractivity contribution < 1.29 is 9.84 Å². The molecule has 0 amide bonds. The molecule has 1 aromatic rings. The van der Waals surface area contributed by atoms with Crippen LogP contribution in [0.4, 0.5) is 0 Å². The van der Waals surface area contributed by atoms with Gasteiger partial charge >= 0.3 is 0 Å². The average molecular weight is 272 g/mol. The molecule has 0 aromatic heterocycles. The Kier molecular flexibility index (Phi) is 3.17. The standard InChI is InChI=1S/C11H14BrNO2/c1-15-11-6-10(14)7(5-8(11)12)9-3-2-4-13-9/h5-6,9,13-14H,2-4H2,1H3. The number of aromatic hydroxyl groups is 1. The first-order valence-electron chi connectivity index (χ1n) is 5.02. The van der Waals surface area contributed by atoms with Gasteiger partial charge in [-0.3, -0.25) is 0 Å². The predicted molar refractivity (Wildman–Crippen MR) is 62.3 cm³/mol. The van der Waals surface area contributed by atoms with E-state index in [9.17, 15) is 5.11 Å². The van der Waals surface area contributed by atoms with E-state index in [2.05, 4.69) is 21.2 Å². The fourth-order valence-corrected chi connectivity index (χ4v) is 2.47. The van der Waals surface area contributed by atoms with Gasteiger partial charge < -0.3 is 15.2 Å². The van der Waals surface area contributed by atoms with Gasteiger partial charge in [0.25, 0.3) is 0 Å². The molecule has 0 spiro atoms. The Morgan fingerprint density at radius 1 is 1.53 bits per heavy atom. The van der Waals surface area contributed by atoms with Gasteiger partial charge in [-0.1, -0.05) is 0 Å². The third-order valence-corrected chi connectivity index (χ3v) is 3.36. The van der Waals surface area contributed by atoms with Crippen LogP contribution in [0.15, 0.2) is 16.6 Å². The van der Waals surface area contributed by atoms with Crippen molar-refractivity contribution in [3.05, 3.63) is 22.2 Å². The molecule has 1 atom stereocenters. The summed E-state index contributed by atoms with van der Waals surface area (Å²) < 4.78 is 6.00. The summed E-state index contributed by atoms with van der Waals surface area (Å²) in [7, 11) is 1.59. The summed E-state index contributed by atoms with van der Waals surface area (Å²) in [5, 5.41) is 13.2. The highest BCUT2D eigenvalue weighted by molar-refractivity contribution is 9.10. The zero-order chi connectivity index (χ0) is 10.8. The van der Waals surface area contributed by atoms with Crippen molar-refractivity contribution in [1.82, 2.24) is 5.32 Å². The smallest absolute Gasteiger partial charge is 0.136 e. The van der Waals surface area contributed by atoms with Gasteiger partial charge in [-0.25, -0.2) is 0 Å². The maximum absolute atomic E-state index is 9.87. The molecule has 1 aromatic carbocycles. The van der Waals surface area contributed by atoms with Gasteiger partial charge in [0.15, 0.2) is 0 Å². The summed E-state index contributed by atoms with van der Waals surface area (Å²) in [6, 6.07) is 3.85. The van der Waals surface area contributed by atoms with E-state index in [1.165, 1.54) is 0 Å². The number of methoxy groups -OCH3 is 1. The van der Waals surface area contributed by atoms with Crippen LogP contribution in [0.25, 0.3) is 0 Å². The number of phenolic OH excluding ortho intramolecular Hbond substituents is 1. The summed E-state index contributed by atoms with van der Waals surface area (Å²) in [4.78, 5) is 0. The second-order valence-corrected chi connectivity index (χ2v) is 4.55. The van der Waals surface area contributed by atoms with E-state index in [1.807, 2.05) is 6.07 Å². The van der Waals surface area contributed by atoms with Crippen LogP contribution in [-0.2, 0) is 0 Å². The van der Waals surface area contributed by atoms with E-state index in [0.29, 0.717) is 11.5 Å². The maximum Gasteiger partial charge on any atom is 0.136 e. The molecule has 15 heavy (non-hydrogen) atoms. The number of hydrogen-bond donors (Lipinski definition) is 2. The maximum atomic E-state index is 9.87. The van der Waals surface area contributed by atoms with Crippen LogP contribution in [0.2, 0.25) is 0 Å². The minimum Gasteiger partial charge on any atom is -0.507 e. The summed E-state index contributed by atoms with van der Waals surface area (Å²) in [5.74, 6) is 0.962. The Bertz CT molecular complexity index is 362. The topological polar surface area (TPSA) is 41.5 Å². The summed E-state index contributed by atoms with van der Waals surface area (Å²) in [6.07, 6.45) is 2.24. The van der Waals surface area contributed by atoms with Crippen LogP contribution < -0.4 is 10.1 Å². The highest BCUT2D eigenvalue weighted by Crippen LogP contribution is 2.37. The second kappa shape index (κ2) is 4.41. The van der Waals surface area contributed by atoms with E-state index in [1.54, 1.807) is 13.2 Å². The first kappa shape index (κ1) is 10.8. The van der Waals surface area contributed by atoms with E-state index >= 15 is 0 Å². The van der Waals surface area contributed by atoms with Crippen LogP contribution in [0.3, 0.4) is 0 Å². The normalized spacial score (nSPS) is 20.5. The largest absolute Gasteiger partial charge is 0.507 e. The number of rotatable bonds is 2. The van der Waals surface area contributed by atoms with Crippen molar-refractivity contribution >= 4 is 15.9 Å². The van der Waals surface area contributed by atoms with Gasteiger partial charge in [-0.2, -0.15) is 0 Å². The minimum absolute atomic E-state index is 0.271. The number of ether oxygens (including phenoxy) is 1. The molecule has 2 rings (SSSR count). The molecule has 2 N–H and O–H groups in total. The molecular weight excluding hydrogens is 258 g/mol. The second-order valence-electron chi connectivity index (χ2n) is 3.69. The van der Waals surface area contributed by atoms with Crippen LogP contribution in [0, 0.1) is 0 Å². The lowest BCUT2D eigenvalue weighted by atomic mass is 10.0. The quantitative estimate of drug-likeness (QED) is 0.869. The van der Waals surface area contributed by atoms with Crippen LogP contribution >= 0.6 is 15.9 Å².